The standard InChI is InChI=1S/C21H25NO5/c1-21(2,3)16-6-4-15(5-7-16)10-11-22-27-13-12-26-17-8-9-18(20(24)25)19(23)14-17/h4-9,11,14,23H,10,12-13H2,1-3H3,(H,24,25)/b22-11+. The summed E-state index contributed by atoms with van der Waals surface area (Å²) < 4.78 is 5.38. The monoisotopic (exact) mass is 371 g/mol. The number of phenols is 1. The van der Waals surface area contributed by atoms with Crippen LogP contribution in [0.2, 0.25) is 0 Å². The fourth-order valence-electron chi connectivity index (χ4n) is 2.37. The first-order valence-corrected chi connectivity index (χ1v) is 8.69. The van der Waals surface area contributed by atoms with Gasteiger partial charge in [0.1, 0.15) is 23.7 Å². The number of benzene rings is 2. The Hall–Kier alpha value is -3.02. The molecule has 0 aliphatic carbocycles. The molecule has 27 heavy (non-hydrogen) atoms. The van der Waals surface area contributed by atoms with E-state index in [1.54, 1.807) is 6.21 Å². The van der Waals surface area contributed by atoms with Crippen LogP contribution >= 0.6 is 0 Å². The number of hydrogen-bond donors (Lipinski definition) is 2. The van der Waals surface area contributed by atoms with Gasteiger partial charge >= 0.3 is 5.97 Å². The lowest BCUT2D eigenvalue weighted by Gasteiger charge is -2.18. The summed E-state index contributed by atoms with van der Waals surface area (Å²) >= 11 is 0. The van der Waals surface area contributed by atoms with Crippen LogP contribution in [0.3, 0.4) is 0 Å². The second-order valence-corrected chi connectivity index (χ2v) is 7.10. The van der Waals surface area contributed by atoms with Crippen molar-refractivity contribution in [1.29, 1.82) is 0 Å². The molecule has 2 aromatic carbocycles. The van der Waals surface area contributed by atoms with Crippen molar-refractivity contribution >= 4 is 12.2 Å². The summed E-state index contributed by atoms with van der Waals surface area (Å²) in [7, 11) is 0. The average Bonchev–Trinajstić information content (AvgIpc) is 2.60. The molecule has 0 amide bonds. The van der Waals surface area contributed by atoms with Gasteiger partial charge in [-0.25, -0.2) is 4.79 Å². The predicted molar refractivity (Wildman–Crippen MR) is 104 cm³/mol. The third kappa shape index (κ3) is 6.33. The highest BCUT2D eigenvalue weighted by atomic mass is 16.6. The summed E-state index contributed by atoms with van der Waals surface area (Å²) in [4.78, 5) is 16.0. The van der Waals surface area contributed by atoms with Gasteiger partial charge in [-0.3, -0.25) is 0 Å². The first-order chi connectivity index (χ1) is 12.8. The molecular weight excluding hydrogens is 346 g/mol. The summed E-state index contributed by atoms with van der Waals surface area (Å²) in [6.07, 6.45) is 2.37. The maximum absolute atomic E-state index is 10.8. The minimum atomic E-state index is -1.19. The summed E-state index contributed by atoms with van der Waals surface area (Å²) in [5, 5.41) is 22.3. The summed E-state index contributed by atoms with van der Waals surface area (Å²) in [5.41, 5.74) is 2.42. The van der Waals surface area contributed by atoms with Crippen LogP contribution < -0.4 is 4.74 Å². The van der Waals surface area contributed by atoms with Crippen LogP contribution in [-0.4, -0.2) is 35.6 Å². The van der Waals surface area contributed by atoms with Crippen LogP contribution in [0.4, 0.5) is 0 Å². The van der Waals surface area contributed by atoms with Gasteiger partial charge in [-0.05, 0) is 28.7 Å². The Labute approximate surface area is 159 Å². The minimum absolute atomic E-state index is 0.139. The Bertz CT molecular complexity index is 791. The molecule has 2 aromatic rings. The first-order valence-electron chi connectivity index (χ1n) is 8.69. The van der Waals surface area contributed by atoms with Gasteiger partial charge in [0.05, 0.1) is 0 Å². The van der Waals surface area contributed by atoms with E-state index in [0.29, 0.717) is 12.2 Å². The number of hydrogen-bond acceptors (Lipinski definition) is 5. The molecular formula is C21H25NO5. The first kappa shape index (κ1) is 20.3. The normalized spacial score (nSPS) is 11.5. The van der Waals surface area contributed by atoms with E-state index in [9.17, 15) is 9.90 Å². The summed E-state index contributed by atoms with van der Waals surface area (Å²) in [6, 6.07) is 12.5. The smallest absolute Gasteiger partial charge is 0.339 e. The number of nitrogens with zero attached hydrogens (tertiary/aromatic N) is 1. The Morgan fingerprint density at radius 3 is 2.41 bits per heavy atom. The van der Waals surface area contributed by atoms with E-state index >= 15 is 0 Å². The number of carbonyl (C=O) groups is 1. The highest BCUT2D eigenvalue weighted by Crippen LogP contribution is 2.23. The molecule has 0 fully saturated rings. The van der Waals surface area contributed by atoms with E-state index in [0.717, 1.165) is 5.56 Å². The predicted octanol–water partition coefficient (Wildman–Crippen LogP) is 4.01. The van der Waals surface area contributed by atoms with Gasteiger partial charge in [0, 0.05) is 18.7 Å². The Morgan fingerprint density at radius 2 is 1.81 bits per heavy atom. The highest BCUT2D eigenvalue weighted by molar-refractivity contribution is 5.90. The molecule has 0 atom stereocenters. The molecule has 2 N–H and O–H groups in total. The molecule has 6 nitrogen and oxygen atoms in total. The molecule has 144 valence electrons. The van der Waals surface area contributed by atoms with Crippen molar-refractivity contribution in [2.24, 2.45) is 5.16 Å². The third-order valence-corrected chi connectivity index (χ3v) is 3.94. The van der Waals surface area contributed by atoms with Crippen LogP contribution in [0.1, 0.15) is 42.3 Å². The van der Waals surface area contributed by atoms with Crippen LogP contribution in [0.5, 0.6) is 11.5 Å². The molecule has 0 saturated carbocycles. The zero-order valence-electron chi connectivity index (χ0n) is 15.8. The van der Waals surface area contributed by atoms with Crippen molar-refractivity contribution in [1.82, 2.24) is 0 Å². The van der Waals surface area contributed by atoms with Crippen molar-refractivity contribution in [3.63, 3.8) is 0 Å². The van der Waals surface area contributed by atoms with E-state index in [2.05, 4.69) is 50.2 Å². The average molecular weight is 371 g/mol. The van der Waals surface area contributed by atoms with Gasteiger partial charge < -0.3 is 19.8 Å². The van der Waals surface area contributed by atoms with E-state index in [1.165, 1.54) is 23.8 Å². The molecule has 0 heterocycles. The molecule has 6 heteroatoms. The number of oxime groups is 1. The van der Waals surface area contributed by atoms with E-state index in [1.807, 2.05) is 0 Å². The summed E-state index contributed by atoms with van der Waals surface area (Å²) in [5.74, 6) is -1.16. The lowest BCUT2D eigenvalue weighted by atomic mass is 9.86. The van der Waals surface area contributed by atoms with Gasteiger partial charge in [0.2, 0.25) is 0 Å². The molecule has 2 rings (SSSR count). The highest BCUT2D eigenvalue weighted by Gasteiger charge is 2.12. The van der Waals surface area contributed by atoms with Crippen LogP contribution in [0.25, 0.3) is 0 Å². The van der Waals surface area contributed by atoms with E-state index in [4.69, 9.17) is 14.7 Å². The van der Waals surface area contributed by atoms with Gasteiger partial charge in [-0.1, -0.05) is 50.2 Å². The lowest BCUT2D eigenvalue weighted by Crippen LogP contribution is -2.10. The van der Waals surface area contributed by atoms with Gasteiger partial charge in [0.25, 0.3) is 0 Å². The summed E-state index contributed by atoms with van der Waals surface area (Å²) in [6.45, 7) is 7.01. The second-order valence-electron chi connectivity index (χ2n) is 7.10. The van der Waals surface area contributed by atoms with Crippen molar-refractivity contribution in [3.05, 3.63) is 59.2 Å². The van der Waals surface area contributed by atoms with E-state index < -0.39 is 5.97 Å². The number of rotatable bonds is 8. The second kappa shape index (κ2) is 9.07. The molecule has 0 saturated heterocycles. The van der Waals surface area contributed by atoms with Gasteiger partial charge in [-0.15, -0.1) is 0 Å². The molecule has 0 bridgehead atoms. The van der Waals surface area contributed by atoms with Crippen molar-refractivity contribution in [3.8, 4) is 11.5 Å². The van der Waals surface area contributed by atoms with E-state index in [-0.39, 0.29) is 29.9 Å². The number of carboxylic acid groups (broad SMARTS) is 1. The number of carboxylic acids is 1. The molecule has 0 aliphatic heterocycles. The fourth-order valence-corrected chi connectivity index (χ4v) is 2.37. The van der Waals surface area contributed by atoms with Crippen LogP contribution in [-0.2, 0) is 16.7 Å². The minimum Gasteiger partial charge on any atom is -0.507 e. The van der Waals surface area contributed by atoms with Crippen molar-refractivity contribution in [2.45, 2.75) is 32.6 Å². The topological polar surface area (TPSA) is 88.4 Å². The lowest BCUT2D eigenvalue weighted by molar-refractivity contribution is 0.0693. The number of aromatic carboxylic acids is 1. The van der Waals surface area contributed by atoms with Gasteiger partial charge in [0.15, 0.2) is 6.61 Å². The third-order valence-electron chi connectivity index (χ3n) is 3.94. The number of aromatic hydroxyl groups is 1. The molecule has 0 aliphatic rings. The maximum atomic E-state index is 10.8. The fraction of sp³-hybridized carbons (Fsp3) is 0.333. The SMILES string of the molecule is CC(C)(C)c1ccc(C/C=N/OCCOc2ccc(C(=O)O)c(O)c2)cc1. The van der Waals surface area contributed by atoms with Crippen molar-refractivity contribution in [2.75, 3.05) is 13.2 Å². The Balaban J connectivity index is 1.69. The largest absolute Gasteiger partial charge is 0.507 e. The molecule has 0 radical (unpaired) electrons. The zero-order valence-corrected chi connectivity index (χ0v) is 15.8. The van der Waals surface area contributed by atoms with Gasteiger partial charge in [-0.2, -0.15) is 0 Å². The molecule has 0 aromatic heterocycles. The Morgan fingerprint density at radius 1 is 1.11 bits per heavy atom. The maximum Gasteiger partial charge on any atom is 0.339 e. The van der Waals surface area contributed by atoms with Crippen LogP contribution in [0, 0.1) is 0 Å². The Kier molecular flexibility index (Phi) is 6.82. The van der Waals surface area contributed by atoms with Crippen molar-refractivity contribution < 1.29 is 24.6 Å². The molecule has 0 spiro atoms. The molecule has 0 unspecified atom stereocenters. The quantitative estimate of drug-likeness (QED) is 0.416. The zero-order chi connectivity index (χ0) is 19.9. The van der Waals surface area contributed by atoms with Crippen LogP contribution in [0.15, 0.2) is 47.6 Å². The number of ether oxygens (including phenoxy) is 1.